The van der Waals surface area contributed by atoms with Gasteiger partial charge in [0.1, 0.15) is 22.8 Å². The first-order valence-corrected chi connectivity index (χ1v) is 19.4. The molecule has 1 aliphatic heterocycles. The van der Waals surface area contributed by atoms with Crippen LogP contribution in [0.4, 0.5) is 0 Å². The first-order chi connectivity index (χ1) is 26.8. The average molecular weight is 782 g/mol. The maximum atomic E-state index is 14.1. The van der Waals surface area contributed by atoms with Crippen LogP contribution in [0.2, 0.25) is 0 Å². The Balaban J connectivity index is 1.31. The predicted molar refractivity (Wildman–Crippen MR) is 213 cm³/mol. The molecule has 1 aliphatic rings. The number of hydrogen-bond donors (Lipinski definition) is 5. The van der Waals surface area contributed by atoms with Crippen LogP contribution < -0.4 is 16.0 Å². The van der Waals surface area contributed by atoms with E-state index in [1.807, 2.05) is 62.4 Å². The first kappa shape index (κ1) is 39.7. The van der Waals surface area contributed by atoms with Crippen molar-refractivity contribution in [3.8, 4) is 0 Å². The van der Waals surface area contributed by atoms with Gasteiger partial charge >= 0.3 is 0 Å². The molecule has 2 aromatic carbocycles. The number of benzene rings is 2. The number of nitrogens with zero attached hydrogens (tertiary/aromatic N) is 4. The molecule has 0 spiro atoms. The number of carbonyl (C=O) groups is 6. The zero-order valence-electron chi connectivity index (χ0n) is 32.0. The van der Waals surface area contributed by atoms with Crippen LogP contribution in [0.5, 0.6) is 0 Å². The van der Waals surface area contributed by atoms with Crippen LogP contribution in [-0.4, -0.2) is 117 Å². The Labute approximate surface area is 328 Å². The number of thiazole rings is 1. The molecule has 0 radical (unpaired) electrons. The molecule has 0 unspecified atom stereocenters. The van der Waals surface area contributed by atoms with Crippen molar-refractivity contribution >= 4 is 68.6 Å². The maximum Gasteiger partial charge on any atom is 0.271 e. The molecule has 0 aliphatic carbocycles. The molecule has 0 saturated heterocycles. The molecule has 4 heterocycles. The lowest BCUT2D eigenvalue weighted by atomic mass is 10.0. The fourth-order valence-electron chi connectivity index (χ4n) is 6.90. The average Bonchev–Trinajstić information content (AvgIpc) is 3.93. The normalized spacial score (nSPS) is 19.9. The second-order valence-corrected chi connectivity index (χ2v) is 15.5. The highest BCUT2D eigenvalue weighted by Crippen LogP contribution is 2.26. The number of aromatic nitrogens is 3. The van der Waals surface area contributed by atoms with Gasteiger partial charge < -0.3 is 40.6 Å². The van der Waals surface area contributed by atoms with Crippen LogP contribution in [0.3, 0.4) is 0 Å². The lowest BCUT2D eigenvalue weighted by Crippen LogP contribution is -2.53. The molecule has 56 heavy (non-hydrogen) atoms. The number of para-hydroxylation sites is 2. The second-order valence-electron chi connectivity index (χ2n) is 14.6. The smallest absolute Gasteiger partial charge is 0.271 e. The number of likely N-dealkylation sites (N-methyl/N-ethyl adjacent to an activating group) is 2. The van der Waals surface area contributed by atoms with Crippen LogP contribution in [0.1, 0.15) is 64.7 Å². The molecule has 2 bridgehead atoms. The zero-order chi connectivity index (χ0) is 40.1. The van der Waals surface area contributed by atoms with E-state index in [0.29, 0.717) is 22.4 Å². The van der Waals surface area contributed by atoms with E-state index in [1.54, 1.807) is 24.8 Å². The van der Waals surface area contributed by atoms with E-state index < -0.39 is 53.6 Å². The molecule has 0 saturated carbocycles. The summed E-state index contributed by atoms with van der Waals surface area (Å²) in [6, 6.07) is 12.3. The van der Waals surface area contributed by atoms with Gasteiger partial charge in [0.15, 0.2) is 0 Å². The molecule has 16 heteroatoms. The Bertz CT molecular complexity index is 2260. The van der Waals surface area contributed by atoms with Gasteiger partial charge in [0.25, 0.3) is 11.8 Å². The minimum atomic E-state index is -1.07. The number of nitrogens with one attached hydrogen (secondary N) is 5. The molecule has 294 valence electrons. The number of H-pyrrole nitrogens is 2. The van der Waals surface area contributed by atoms with Gasteiger partial charge in [-0.15, -0.1) is 11.3 Å². The summed E-state index contributed by atoms with van der Waals surface area (Å²) in [5.41, 5.74) is 2.87. The summed E-state index contributed by atoms with van der Waals surface area (Å²) in [4.78, 5) is 97.3. The van der Waals surface area contributed by atoms with Crippen LogP contribution in [0.25, 0.3) is 21.8 Å². The van der Waals surface area contributed by atoms with Crippen molar-refractivity contribution in [2.24, 2.45) is 5.92 Å². The van der Waals surface area contributed by atoms with Crippen molar-refractivity contribution in [1.82, 2.24) is 45.6 Å². The third kappa shape index (κ3) is 9.08. The van der Waals surface area contributed by atoms with Crippen molar-refractivity contribution in [3.63, 3.8) is 0 Å². The Kier molecular flexibility index (Phi) is 12.2. The predicted octanol–water partition coefficient (Wildman–Crippen LogP) is 3.23. The lowest BCUT2D eigenvalue weighted by molar-refractivity contribution is -0.138. The fraction of sp³-hybridized carbons (Fsp3) is 0.375. The zero-order valence-corrected chi connectivity index (χ0v) is 32.9. The maximum absolute atomic E-state index is 14.1. The summed E-state index contributed by atoms with van der Waals surface area (Å²) in [7, 11) is 3.02. The van der Waals surface area contributed by atoms with Crippen molar-refractivity contribution in [1.29, 1.82) is 0 Å². The molecule has 5 N–H and O–H groups in total. The van der Waals surface area contributed by atoms with Gasteiger partial charge in [-0.1, -0.05) is 50.2 Å². The monoisotopic (exact) mass is 781 g/mol. The van der Waals surface area contributed by atoms with Gasteiger partial charge in [0, 0.05) is 73.2 Å². The minimum Gasteiger partial charge on any atom is -0.361 e. The van der Waals surface area contributed by atoms with Gasteiger partial charge in [-0.05, 0) is 37.0 Å². The minimum absolute atomic E-state index is 0.0140. The summed E-state index contributed by atoms with van der Waals surface area (Å²) in [5, 5.41) is 12.2. The lowest BCUT2D eigenvalue weighted by Gasteiger charge is -2.28. The van der Waals surface area contributed by atoms with Gasteiger partial charge in [0.2, 0.25) is 23.6 Å². The van der Waals surface area contributed by atoms with E-state index in [-0.39, 0.29) is 44.2 Å². The summed E-state index contributed by atoms with van der Waals surface area (Å²) in [6.07, 6.45) is 4.01. The van der Waals surface area contributed by atoms with E-state index in [2.05, 4.69) is 30.9 Å². The summed E-state index contributed by atoms with van der Waals surface area (Å²) in [6.45, 7) is 4.93. The highest BCUT2D eigenvalue weighted by Gasteiger charge is 2.31. The van der Waals surface area contributed by atoms with E-state index >= 15 is 0 Å². The molecular formula is C40H47N9O6S. The molecule has 15 nitrogen and oxygen atoms in total. The molecule has 6 rings (SSSR count). The summed E-state index contributed by atoms with van der Waals surface area (Å²) < 4.78 is 0. The number of rotatable bonds is 5. The number of carbonyl (C=O) groups excluding carboxylic acids is 6. The quantitative estimate of drug-likeness (QED) is 0.181. The van der Waals surface area contributed by atoms with Crippen LogP contribution in [0.15, 0.2) is 66.3 Å². The number of fused-ring (bicyclic) bond motifs is 4. The van der Waals surface area contributed by atoms with Crippen LogP contribution in [0, 0.1) is 5.92 Å². The van der Waals surface area contributed by atoms with Crippen LogP contribution in [-0.2, 0) is 25.6 Å². The van der Waals surface area contributed by atoms with Crippen LogP contribution >= 0.6 is 11.3 Å². The first-order valence-electron chi connectivity index (χ1n) is 18.5. The Hall–Kier alpha value is -6.03. The van der Waals surface area contributed by atoms with E-state index in [1.165, 1.54) is 40.0 Å². The SMILES string of the molecule is CC(C)C[C@@H]1NC(=O)CN(C(=O)c2c[nH]c3ccccc23)CCN(C)C(=O)[C@H](C)NC(=O)CN(C)C(=O)[C@@H](Cc2c[nH]c3ccccc23)NC(=O)c2csc1n2. The van der Waals surface area contributed by atoms with E-state index in [9.17, 15) is 28.8 Å². The summed E-state index contributed by atoms with van der Waals surface area (Å²) >= 11 is 1.21. The van der Waals surface area contributed by atoms with E-state index in [4.69, 9.17) is 0 Å². The topological polar surface area (TPSA) is 193 Å². The van der Waals surface area contributed by atoms with Crippen molar-refractivity contribution in [3.05, 3.63) is 88.1 Å². The largest absolute Gasteiger partial charge is 0.361 e. The Morgan fingerprint density at radius 1 is 0.804 bits per heavy atom. The third-order valence-electron chi connectivity index (χ3n) is 9.83. The van der Waals surface area contributed by atoms with Gasteiger partial charge in [-0.2, -0.15) is 0 Å². The van der Waals surface area contributed by atoms with E-state index in [0.717, 1.165) is 22.0 Å². The molecule has 3 aromatic heterocycles. The molecular weight excluding hydrogens is 735 g/mol. The van der Waals surface area contributed by atoms with Crippen molar-refractivity contribution < 1.29 is 28.8 Å². The second kappa shape index (κ2) is 17.2. The Morgan fingerprint density at radius 2 is 1.46 bits per heavy atom. The Morgan fingerprint density at radius 3 is 2.20 bits per heavy atom. The van der Waals surface area contributed by atoms with Crippen molar-refractivity contribution in [2.45, 2.75) is 51.7 Å². The molecule has 5 aromatic rings. The molecule has 3 atom stereocenters. The third-order valence-corrected chi connectivity index (χ3v) is 10.8. The molecule has 0 fully saturated rings. The summed E-state index contributed by atoms with van der Waals surface area (Å²) in [5.74, 6) is -2.83. The number of aromatic amines is 2. The molecule has 6 amide bonds. The number of amides is 6. The standard InChI is InChI=1S/C40H47N9O6S/c1-23(2)16-31-37-46-33(22-56-37)36(52)45-32(17-25-18-41-29-12-8-6-10-26(25)29)40(55)48(5)20-34(50)43-24(3)38(53)47(4)14-15-49(21-35(51)44-31)39(54)28-19-42-30-13-9-7-11-27(28)30/h6-13,18-19,22-24,31-32,41-42H,14-17,20-21H2,1-5H3,(H,43,50)(H,44,51)(H,45,52)/t24-,31-,32+/m0/s1. The highest BCUT2D eigenvalue weighted by atomic mass is 32.1. The number of hydrogen-bond acceptors (Lipinski definition) is 8. The fourth-order valence-corrected chi connectivity index (χ4v) is 7.76. The van der Waals surface area contributed by atoms with Crippen molar-refractivity contribution in [2.75, 3.05) is 40.3 Å². The van der Waals surface area contributed by atoms with Gasteiger partial charge in [0.05, 0.1) is 24.7 Å². The highest BCUT2D eigenvalue weighted by molar-refractivity contribution is 7.09. The van der Waals surface area contributed by atoms with Gasteiger partial charge in [-0.25, -0.2) is 4.98 Å². The van der Waals surface area contributed by atoms with Gasteiger partial charge in [-0.3, -0.25) is 28.8 Å².